The summed E-state index contributed by atoms with van der Waals surface area (Å²) >= 11 is 0. The number of nitrogens with zero attached hydrogens (tertiary/aromatic N) is 1. The van der Waals surface area contributed by atoms with Gasteiger partial charge in [0.2, 0.25) is 0 Å². The molecule has 0 saturated carbocycles. The monoisotopic (exact) mass is 286 g/mol. The minimum Gasteiger partial charge on any atom is -0.467 e. The Kier molecular flexibility index (Phi) is 5.17. The van der Waals surface area contributed by atoms with Crippen LogP contribution in [0.5, 0.6) is 0 Å². The Morgan fingerprint density at radius 2 is 2.05 bits per heavy atom. The number of nitrogens with two attached hydrogens (primary N) is 1. The predicted molar refractivity (Wildman–Crippen MR) is 82.7 cm³/mol. The van der Waals surface area contributed by atoms with Crippen LogP contribution in [-0.2, 0) is 13.1 Å². The number of carbonyl (C=O) groups is 1. The smallest absolute Gasteiger partial charge is 0.257 e. The zero-order chi connectivity index (χ0) is 15.2. The molecule has 2 N–H and O–H groups in total. The van der Waals surface area contributed by atoms with Crippen molar-refractivity contribution in [1.29, 1.82) is 0 Å². The number of rotatable bonds is 6. The molecule has 1 heterocycles. The molecule has 1 unspecified atom stereocenters. The summed E-state index contributed by atoms with van der Waals surface area (Å²) in [7, 11) is 0. The summed E-state index contributed by atoms with van der Waals surface area (Å²) < 4.78 is 5.28. The Labute approximate surface area is 125 Å². The molecule has 1 atom stereocenters. The summed E-state index contributed by atoms with van der Waals surface area (Å²) in [6.07, 6.45) is 2.39. The van der Waals surface area contributed by atoms with E-state index < -0.39 is 0 Å². The highest BCUT2D eigenvalue weighted by Crippen LogP contribution is 2.17. The van der Waals surface area contributed by atoms with Crippen LogP contribution in [0.15, 0.2) is 47.1 Å². The Balaban J connectivity index is 2.21. The van der Waals surface area contributed by atoms with E-state index in [0.29, 0.717) is 24.4 Å². The van der Waals surface area contributed by atoms with Crippen LogP contribution in [0.3, 0.4) is 0 Å². The van der Waals surface area contributed by atoms with Crippen molar-refractivity contribution in [3.05, 3.63) is 59.5 Å². The second-order valence-corrected chi connectivity index (χ2v) is 5.18. The summed E-state index contributed by atoms with van der Waals surface area (Å²) in [5.41, 5.74) is 7.21. The first-order valence-electron chi connectivity index (χ1n) is 7.28. The van der Waals surface area contributed by atoms with Crippen molar-refractivity contribution < 1.29 is 9.21 Å². The lowest BCUT2D eigenvalue weighted by molar-refractivity contribution is 0.0671. The van der Waals surface area contributed by atoms with Gasteiger partial charge in [-0.05, 0) is 25.0 Å². The van der Waals surface area contributed by atoms with Gasteiger partial charge >= 0.3 is 0 Å². The zero-order valence-corrected chi connectivity index (χ0v) is 12.6. The van der Waals surface area contributed by atoms with E-state index in [1.807, 2.05) is 35.2 Å². The second-order valence-electron chi connectivity index (χ2n) is 5.18. The van der Waals surface area contributed by atoms with Gasteiger partial charge in [-0.3, -0.25) is 4.79 Å². The van der Waals surface area contributed by atoms with Gasteiger partial charge in [-0.2, -0.15) is 0 Å². The van der Waals surface area contributed by atoms with Crippen molar-refractivity contribution in [3.63, 3.8) is 0 Å². The fourth-order valence-corrected chi connectivity index (χ4v) is 2.19. The molecule has 112 valence electrons. The van der Waals surface area contributed by atoms with Gasteiger partial charge in [0.1, 0.15) is 12.0 Å². The minimum absolute atomic E-state index is 0.0170. The Bertz CT molecular complexity index is 577. The first-order valence-corrected chi connectivity index (χ1v) is 7.28. The molecular weight excluding hydrogens is 264 g/mol. The van der Waals surface area contributed by atoms with Gasteiger partial charge in [-0.25, -0.2) is 0 Å². The Hall–Kier alpha value is -2.07. The van der Waals surface area contributed by atoms with E-state index in [2.05, 4.69) is 13.8 Å². The average Bonchev–Trinajstić information content (AvgIpc) is 3.01. The minimum atomic E-state index is -0.0170. The molecule has 1 amide bonds. The maximum absolute atomic E-state index is 12.7. The fourth-order valence-electron chi connectivity index (χ4n) is 2.19. The zero-order valence-electron chi connectivity index (χ0n) is 12.6. The molecule has 0 bridgehead atoms. The summed E-state index contributed by atoms with van der Waals surface area (Å²) in [6.45, 7) is 5.04. The number of hydrogen-bond donors (Lipinski definition) is 1. The van der Waals surface area contributed by atoms with E-state index in [0.717, 1.165) is 12.0 Å². The predicted octanol–water partition coefficient (Wildman–Crippen LogP) is 3.18. The molecule has 2 rings (SSSR count). The third kappa shape index (κ3) is 3.73. The molecule has 21 heavy (non-hydrogen) atoms. The summed E-state index contributed by atoms with van der Waals surface area (Å²) in [5.74, 6) is 0.610. The number of furan rings is 1. The van der Waals surface area contributed by atoms with Gasteiger partial charge in [0.25, 0.3) is 5.91 Å². The molecule has 4 nitrogen and oxygen atoms in total. The molecule has 1 aromatic carbocycles. The second kappa shape index (κ2) is 7.09. The van der Waals surface area contributed by atoms with E-state index >= 15 is 0 Å². The number of carbonyl (C=O) groups excluding carboxylic acids is 1. The molecular formula is C17H22N2O2. The highest BCUT2D eigenvalue weighted by atomic mass is 16.3. The van der Waals surface area contributed by atoms with Gasteiger partial charge in [0.05, 0.1) is 12.1 Å². The third-order valence-electron chi connectivity index (χ3n) is 3.68. The number of benzene rings is 1. The quantitative estimate of drug-likeness (QED) is 0.887. The summed E-state index contributed by atoms with van der Waals surface area (Å²) in [6, 6.07) is 11.9. The van der Waals surface area contributed by atoms with Crippen LogP contribution in [0, 0.1) is 0 Å². The van der Waals surface area contributed by atoms with Crippen molar-refractivity contribution in [2.45, 2.75) is 39.4 Å². The van der Waals surface area contributed by atoms with E-state index in [-0.39, 0.29) is 11.9 Å². The molecule has 0 aliphatic carbocycles. The maximum atomic E-state index is 12.7. The van der Waals surface area contributed by atoms with Crippen LogP contribution < -0.4 is 5.73 Å². The van der Waals surface area contributed by atoms with Crippen LogP contribution in [0.4, 0.5) is 0 Å². The van der Waals surface area contributed by atoms with Gasteiger partial charge in [0, 0.05) is 12.6 Å². The van der Waals surface area contributed by atoms with Gasteiger partial charge in [0.15, 0.2) is 0 Å². The first-order chi connectivity index (χ1) is 10.2. The molecule has 0 fully saturated rings. The van der Waals surface area contributed by atoms with Crippen LogP contribution in [0.2, 0.25) is 0 Å². The van der Waals surface area contributed by atoms with Crippen molar-refractivity contribution in [3.8, 4) is 0 Å². The molecule has 0 aliphatic rings. The standard InChI is InChI=1S/C17H22N2O2/c1-3-13(2)19(11-14-7-5-4-6-8-14)17(20)15-9-16(10-18)21-12-15/h4-9,12-13H,3,10-11,18H2,1-2H3. The number of hydrogen-bond acceptors (Lipinski definition) is 3. The van der Waals surface area contributed by atoms with E-state index in [1.165, 1.54) is 6.26 Å². The molecule has 0 spiro atoms. The van der Waals surface area contributed by atoms with E-state index in [9.17, 15) is 4.79 Å². The van der Waals surface area contributed by atoms with Crippen molar-refractivity contribution >= 4 is 5.91 Å². The van der Waals surface area contributed by atoms with Gasteiger partial charge in [-0.1, -0.05) is 37.3 Å². The molecule has 1 aromatic heterocycles. The summed E-state index contributed by atoms with van der Waals surface area (Å²) in [5, 5.41) is 0. The highest BCUT2D eigenvalue weighted by Gasteiger charge is 2.22. The highest BCUT2D eigenvalue weighted by molar-refractivity contribution is 5.94. The summed E-state index contributed by atoms with van der Waals surface area (Å²) in [4.78, 5) is 14.6. The van der Waals surface area contributed by atoms with Gasteiger partial charge < -0.3 is 15.1 Å². The molecule has 0 radical (unpaired) electrons. The number of amides is 1. The third-order valence-corrected chi connectivity index (χ3v) is 3.68. The van der Waals surface area contributed by atoms with Crippen LogP contribution in [0.25, 0.3) is 0 Å². The van der Waals surface area contributed by atoms with Crippen LogP contribution >= 0.6 is 0 Å². The largest absolute Gasteiger partial charge is 0.467 e. The maximum Gasteiger partial charge on any atom is 0.257 e. The van der Waals surface area contributed by atoms with Crippen LogP contribution in [0.1, 0.15) is 41.9 Å². The van der Waals surface area contributed by atoms with Crippen LogP contribution in [-0.4, -0.2) is 16.8 Å². The fraction of sp³-hybridized carbons (Fsp3) is 0.353. The molecule has 0 saturated heterocycles. The first kappa shape index (κ1) is 15.3. The Morgan fingerprint density at radius 3 is 2.62 bits per heavy atom. The van der Waals surface area contributed by atoms with Crippen molar-refractivity contribution in [1.82, 2.24) is 4.90 Å². The van der Waals surface area contributed by atoms with E-state index in [1.54, 1.807) is 6.07 Å². The van der Waals surface area contributed by atoms with Crippen molar-refractivity contribution in [2.75, 3.05) is 0 Å². The normalized spacial score (nSPS) is 12.1. The molecule has 2 aromatic rings. The molecule has 0 aliphatic heterocycles. The lowest BCUT2D eigenvalue weighted by Gasteiger charge is -2.28. The SMILES string of the molecule is CCC(C)N(Cc1ccccc1)C(=O)c1coc(CN)c1. The average molecular weight is 286 g/mol. The topological polar surface area (TPSA) is 59.5 Å². The molecule has 4 heteroatoms. The Morgan fingerprint density at radius 1 is 1.33 bits per heavy atom. The van der Waals surface area contributed by atoms with Crippen molar-refractivity contribution in [2.24, 2.45) is 5.73 Å². The van der Waals surface area contributed by atoms with Gasteiger partial charge in [-0.15, -0.1) is 0 Å². The van der Waals surface area contributed by atoms with E-state index in [4.69, 9.17) is 10.2 Å². The lowest BCUT2D eigenvalue weighted by Crippen LogP contribution is -2.37. The lowest BCUT2D eigenvalue weighted by atomic mass is 10.1.